The van der Waals surface area contributed by atoms with Crippen molar-refractivity contribution in [3.63, 3.8) is 0 Å². The zero-order valence-electron chi connectivity index (χ0n) is 21.6. The molecule has 0 radical (unpaired) electrons. The maximum atomic E-state index is 13.3. The number of sulfone groups is 1. The summed E-state index contributed by atoms with van der Waals surface area (Å²) in [4.78, 5) is 32.5. The lowest BCUT2D eigenvalue weighted by molar-refractivity contribution is -0.110. The predicted octanol–water partition coefficient (Wildman–Crippen LogP) is 1.64. The van der Waals surface area contributed by atoms with Crippen molar-refractivity contribution in [1.82, 2.24) is 20.3 Å². The molecule has 0 spiro atoms. The Balaban J connectivity index is 1.53. The standard InChI is InChI=1S/C24H30N6O7S2/c1-25-9-12-36-19-14-26-21-23(27-19)38-24(28-21)29-22(31)20(30-37-17-8-11-35-15-17)16-4-6-18(7-5-16)39(32,33)13-3-10-34-2/h4-7,14,17,25H,3,8-13,15H2,1-2H3,(H,26,28,29,31)/b30-20+/t17-/m1/s1. The number of aromatic nitrogens is 3. The van der Waals surface area contributed by atoms with E-state index in [4.69, 9.17) is 19.0 Å². The lowest BCUT2D eigenvalue weighted by Crippen LogP contribution is -2.25. The molecule has 15 heteroatoms. The van der Waals surface area contributed by atoms with Crippen molar-refractivity contribution in [3.05, 3.63) is 36.0 Å². The van der Waals surface area contributed by atoms with Crippen LogP contribution in [0, 0.1) is 0 Å². The average molecular weight is 579 g/mol. The average Bonchev–Trinajstić information content (AvgIpc) is 3.59. The van der Waals surface area contributed by atoms with Crippen LogP contribution in [0.5, 0.6) is 5.88 Å². The van der Waals surface area contributed by atoms with Crippen molar-refractivity contribution in [3.8, 4) is 5.88 Å². The van der Waals surface area contributed by atoms with Crippen molar-refractivity contribution in [2.75, 3.05) is 58.2 Å². The minimum Gasteiger partial charge on any atom is -0.475 e. The first-order chi connectivity index (χ1) is 18.9. The highest BCUT2D eigenvalue weighted by molar-refractivity contribution is 7.91. The van der Waals surface area contributed by atoms with Gasteiger partial charge < -0.3 is 24.4 Å². The number of nitrogens with one attached hydrogen (secondary N) is 2. The summed E-state index contributed by atoms with van der Waals surface area (Å²) in [6.45, 7) is 2.34. The van der Waals surface area contributed by atoms with Gasteiger partial charge in [-0.3, -0.25) is 10.1 Å². The number of rotatable bonds is 14. The van der Waals surface area contributed by atoms with Gasteiger partial charge in [-0.25, -0.2) is 13.4 Å². The highest BCUT2D eigenvalue weighted by Crippen LogP contribution is 2.25. The summed E-state index contributed by atoms with van der Waals surface area (Å²) in [5.41, 5.74) is 0.693. The molecule has 1 amide bonds. The van der Waals surface area contributed by atoms with Crippen molar-refractivity contribution in [2.45, 2.75) is 23.8 Å². The van der Waals surface area contributed by atoms with E-state index < -0.39 is 15.7 Å². The van der Waals surface area contributed by atoms with E-state index >= 15 is 0 Å². The topological polar surface area (TPSA) is 163 Å². The van der Waals surface area contributed by atoms with E-state index in [-0.39, 0.29) is 27.6 Å². The fourth-order valence-corrected chi connectivity index (χ4v) is 5.59. The first kappa shape index (κ1) is 28.8. The van der Waals surface area contributed by atoms with Crippen molar-refractivity contribution in [1.29, 1.82) is 0 Å². The van der Waals surface area contributed by atoms with Crippen LogP contribution in [0.15, 0.2) is 40.5 Å². The highest BCUT2D eigenvalue weighted by Gasteiger charge is 2.22. The van der Waals surface area contributed by atoms with Gasteiger partial charge in [0.25, 0.3) is 5.91 Å². The van der Waals surface area contributed by atoms with E-state index in [1.54, 1.807) is 0 Å². The van der Waals surface area contributed by atoms with E-state index in [0.29, 0.717) is 67.7 Å². The van der Waals surface area contributed by atoms with Crippen LogP contribution in [0.3, 0.4) is 0 Å². The molecule has 1 aliphatic rings. The third kappa shape index (κ3) is 7.89. The largest absolute Gasteiger partial charge is 0.475 e. The zero-order valence-corrected chi connectivity index (χ0v) is 23.2. The van der Waals surface area contributed by atoms with Gasteiger partial charge in [-0.15, -0.1) is 0 Å². The summed E-state index contributed by atoms with van der Waals surface area (Å²) in [6, 6.07) is 5.93. The molecule has 3 aromatic rings. The number of hydrogen-bond acceptors (Lipinski definition) is 13. The van der Waals surface area contributed by atoms with Gasteiger partial charge >= 0.3 is 0 Å². The number of anilines is 1. The number of carbonyl (C=O) groups is 1. The van der Waals surface area contributed by atoms with Crippen LogP contribution in [0.4, 0.5) is 5.13 Å². The van der Waals surface area contributed by atoms with Crippen LogP contribution < -0.4 is 15.4 Å². The van der Waals surface area contributed by atoms with Gasteiger partial charge in [0, 0.05) is 32.2 Å². The number of oxime groups is 1. The normalized spacial score (nSPS) is 15.9. The molecule has 1 fully saturated rings. The van der Waals surface area contributed by atoms with E-state index in [2.05, 4.69) is 30.7 Å². The highest BCUT2D eigenvalue weighted by atomic mass is 32.2. The zero-order chi connectivity index (χ0) is 27.7. The van der Waals surface area contributed by atoms with E-state index in [1.807, 2.05) is 7.05 Å². The summed E-state index contributed by atoms with van der Waals surface area (Å²) in [5.74, 6) is -0.283. The second kappa shape index (κ2) is 13.7. The monoisotopic (exact) mass is 578 g/mol. The van der Waals surface area contributed by atoms with Crippen LogP contribution in [0.2, 0.25) is 0 Å². The number of benzene rings is 1. The molecule has 1 aromatic carbocycles. The summed E-state index contributed by atoms with van der Waals surface area (Å²) < 4.78 is 41.0. The molecule has 39 heavy (non-hydrogen) atoms. The minimum atomic E-state index is -3.50. The number of amides is 1. The summed E-state index contributed by atoms with van der Waals surface area (Å²) in [6.07, 6.45) is 2.21. The Kier molecular flexibility index (Phi) is 10.1. The van der Waals surface area contributed by atoms with E-state index in [9.17, 15) is 13.2 Å². The smallest absolute Gasteiger partial charge is 0.280 e. The molecule has 0 unspecified atom stereocenters. The van der Waals surface area contributed by atoms with Crippen molar-refractivity contribution < 1.29 is 32.3 Å². The molecule has 4 rings (SSSR count). The number of hydrogen-bond donors (Lipinski definition) is 2. The third-order valence-corrected chi connectivity index (χ3v) is 8.24. The van der Waals surface area contributed by atoms with Gasteiger partial charge in [0.2, 0.25) is 5.88 Å². The Morgan fingerprint density at radius 1 is 1.23 bits per heavy atom. The molecule has 13 nitrogen and oxygen atoms in total. The van der Waals surface area contributed by atoms with Gasteiger partial charge in [0.15, 0.2) is 37.3 Å². The third-order valence-electron chi connectivity index (χ3n) is 5.57. The second-order valence-electron chi connectivity index (χ2n) is 8.48. The van der Waals surface area contributed by atoms with Crippen LogP contribution >= 0.6 is 11.3 Å². The van der Waals surface area contributed by atoms with E-state index in [0.717, 1.165) is 11.3 Å². The number of methoxy groups -OCH3 is 1. The summed E-state index contributed by atoms with van der Waals surface area (Å²) in [5, 5.41) is 10.1. The molecule has 1 atom stereocenters. The van der Waals surface area contributed by atoms with Gasteiger partial charge in [-0.05, 0) is 25.6 Å². The van der Waals surface area contributed by atoms with Gasteiger partial charge in [0.05, 0.1) is 30.1 Å². The molecule has 2 N–H and O–H groups in total. The lowest BCUT2D eigenvalue weighted by atomic mass is 10.1. The summed E-state index contributed by atoms with van der Waals surface area (Å²) >= 11 is 1.13. The quantitative estimate of drug-likeness (QED) is 0.162. The molecular weight excluding hydrogens is 548 g/mol. The molecule has 0 aliphatic carbocycles. The number of carbonyl (C=O) groups excluding carboxylic acids is 1. The van der Waals surface area contributed by atoms with Gasteiger partial charge in [-0.2, -0.15) is 9.97 Å². The Morgan fingerprint density at radius 2 is 2.05 bits per heavy atom. The number of fused-ring (bicyclic) bond motifs is 1. The SMILES string of the molecule is CNCCOc1cnc2nc(NC(=O)/C(=N/O[C@@H]3CCOC3)c3ccc(S(=O)(=O)CCCOC)cc3)sc2n1. The van der Waals surface area contributed by atoms with Gasteiger partial charge in [0.1, 0.15) is 6.61 Å². The number of thiazole rings is 1. The summed E-state index contributed by atoms with van der Waals surface area (Å²) in [7, 11) is -0.158. The molecular formula is C24H30N6O7S2. The van der Waals surface area contributed by atoms with E-state index in [1.165, 1.54) is 37.6 Å². The number of nitrogens with zero attached hydrogens (tertiary/aromatic N) is 4. The molecule has 210 valence electrons. The Hall–Kier alpha value is -3.24. The maximum absolute atomic E-state index is 13.3. The molecule has 2 aromatic heterocycles. The fraction of sp³-hybridized carbons (Fsp3) is 0.458. The second-order valence-corrected chi connectivity index (χ2v) is 11.6. The van der Waals surface area contributed by atoms with Crippen LogP contribution in [-0.4, -0.2) is 94.0 Å². The van der Waals surface area contributed by atoms with Crippen LogP contribution in [-0.2, 0) is 28.9 Å². The minimum absolute atomic E-state index is 0.0403. The van der Waals surface area contributed by atoms with Crippen molar-refractivity contribution in [2.24, 2.45) is 5.16 Å². The maximum Gasteiger partial charge on any atom is 0.280 e. The molecule has 0 saturated carbocycles. The van der Waals surface area contributed by atoms with Crippen LogP contribution in [0.25, 0.3) is 10.5 Å². The van der Waals surface area contributed by atoms with Crippen LogP contribution in [0.1, 0.15) is 18.4 Å². The molecule has 0 bridgehead atoms. The first-order valence-electron chi connectivity index (χ1n) is 12.3. The fourth-order valence-electron chi connectivity index (χ4n) is 3.52. The molecule has 1 saturated heterocycles. The number of likely N-dealkylation sites (N-methyl/N-ethyl adjacent to an activating group) is 1. The Labute approximate surface area is 229 Å². The van der Waals surface area contributed by atoms with Gasteiger partial charge in [-0.1, -0.05) is 28.6 Å². The predicted molar refractivity (Wildman–Crippen MR) is 145 cm³/mol. The molecule has 3 heterocycles. The molecule has 1 aliphatic heterocycles. The lowest BCUT2D eigenvalue weighted by Gasteiger charge is -2.10. The Morgan fingerprint density at radius 3 is 2.77 bits per heavy atom. The number of ether oxygens (including phenoxy) is 3. The first-order valence-corrected chi connectivity index (χ1v) is 14.7. The van der Waals surface area contributed by atoms with Crippen molar-refractivity contribution >= 4 is 48.4 Å². The Bertz CT molecular complexity index is 1390.